The molecule has 3 rings (SSSR count). The number of nitrogens with zero attached hydrogens (tertiary/aromatic N) is 2. The van der Waals surface area contributed by atoms with Gasteiger partial charge >= 0.3 is 0 Å². The largest absolute Gasteiger partial charge is 0.474 e. The number of aromatic nitrogens is 3. The number of likely N-dealkylation sites (N-methyl/N-ethyl adjacent to an activating group) is 1. The third-order valence-corrected chi connectivity index (χ3v) is 4.31. The standard InChI is InChI=1S/C17H20F2N4O2/c1-20-13(24)4-2-3-11-9-21-15-14(11)16(23-10-22-15)25-12-5-7-17(18,19)8-6-12/h2,4,9-10,12H,3,5-8H2,1H3,(H,20,24)(H,21,22,23)/b4-2+. The molecule has 1 aliphatic carbocycles. The van der Waals surface area contributed by atoms with Crippen LogP contribution in [0.25, 0.3) is 11.0 Å². The Morgan fingerprint density at radius 3 is 2.92 bits per heavy atom. The summed E-state index contributed by atoms with van der Waals surface area (Å²) in [6.45, 7) is 0. The van der Waals surface area contributed by atoms with Crippen molar-refractivity contribution in [3.8, 4) is 5.88 Å². The van der Waals surface area contributed by atoms with Crippen LogP contribution >= 0.6 is 0 Å². The van der Waals surface area contributed by atoms with E-state index in [1.54, 1.807) is 19.3 Å². The number of allylic oxidation sites excluding steroid dienone is 1. The Morgan fingerprint density at radius 1 is 1.44 bits per heavy atom. The summed E-state index contributed by atoms with van der Waals surface area (Å²) in [5.74, 6) is -2.38. The number of hydrogen-bond acceptors (Lipinski definition) is 4. The van der Waals surface area contributed by atoms with Crippen LogP contribution in [0, 0.1) is 0 Å². The highest BCUT2D eigenvalue weighted by atomic mass is 19.3. The van der Waals surface area contributed by atoms with Crippen LogP contribution in [0.2, 0.25) is 0 Å². The second-order valence-electron chi connectivity index (χ2n) is 6.11. The fourth-order valence-electron chi connectivity index (χ4n) is 2.91. The lowest BCUT2D eigenvalue weighted by molar-refractivity contribution is -0.116. The van der Waals surface area contributed by atoms with Gasteiger partial charge in [-0.2, -0.15) is 0 Å². The van der Waals surface area contributed by atoms with Crippen molar-refractivity contribution in [3.63, 3.8) is 0 Å². The maximum absolute atomic E-state index is 13.3. The molecule has 6 nitrogen and oxygen atoms in total. The van der Waals surface area contributed by atoms with E-state index in [0.29, 0.717) is 30.8 Å². The lowest BCUT2D eigenvalue weighted by Crippen LogP contribution is -2.31. The van der Waals surface area contributed by atoms with Crippen molar-refractivity contribution in [2.24, 2.45) is 0 Å². The highest BCUT2D eigenvalue weighted by molar-refractivity contribution is 5.88. The molecule has 0 aromatic carbocycles. The van der Waals surface area contributed by atoms with Crippen molar-refractivity contribution in [1.82, 2.24) is 20.3 Å². The van der Waals surface area contributed by atoms with Gasteiger partial charge in [0.25, 0.3) is 0 Å². The van der Waals surface area contributed by atoms with Crippen molar-refractivity contribution in [2.75, 3.05) is 7.05 Å². The molecule has 0 saturated heterocycles. The smallest absolute Gasteiger partial charge is 0.248 e. The molecule has 2 aromatic heterocycles. The normalized spacial score (nSPS) is 17.9. The van der Waals surface area contributed by atoms with Crippen LogP contribution in [0.5, 0.6) is 5.88 Å². The van der Waals surface area contributed by atoms with E-state index in [1.165, 1.54) is 12.4 Å². The van der Waals surface area contributed by atoms with E-state index in [2.05, 4.69) is 20.3 Å². The summed E-state index contributed by atoms with van der Waals surface area (Å²) in [5.41, 5.74) is 1.50. The fourth-order valence-corrected chi connectivity index (χ4v) is 2.91. The number of halogens is 2. The number of carbonyl (C=O) groups is 1. The number of alkyl halides is 2. The van der Waals surface area contributed by atoms with E-state index in [-0.39, 0.29) is 24.9 Å². The van der Waals surface area contributed by atoms with Crippen LogP contribution in [0.4, 0.5) is 8.78 Å². The molecule has 0 unspecified atom stereocenters. The zero-order valence-corrected chi connectivity index (χ0v) is 13.9. The van der Waals surface area contributed by atoms with Crippen molar-refractivity contribution < 1.29 is 18.3 Å². The maximum atomic E-state index is 13.3. The Hall–Kier alpha value is -2.51. The van der Waals surface area contributed by atoms with Crippen LogP contribution in [0.1, 0.15) is 31.2 Å². The third-order valence-electron chi connectivity index (χ3n) is 4.31. The topological polar surface area (TPSA) is 79.9 Å². The first-order chi connectivity index (χ1) is 12.0. The van der Waals surface area contributed by atoms with Gasteiger partial charge in [-0.1, -0.05) is 6.08 Å². The van der Waals surface area contributed by atoms with Gasteiger partial charge in [0.1, 0.15) is 18.1 Å². The highest BCUT2D eigenvalue weighted by Crippen LogP contribution is 2.35. The summed E-state index contributed by atoms with van der Waals surface area (Å²) >= 11 is 0. The molecule has 0 radical (unpaired) electrons. The molecule has 0 bridgehead atoms. The molecule has 1 aliphatic rings. The number of rotatable bonds is 5. The van der Waals surface area contributed by atoms with Gasteiger partial charge < -0.3 is 15.0 Å². The minimum Gasteiger partial charge on any atom is -0.474 e. The van der Waals surface area contributed by atoms with Gasteiger partial charge in [-0.05, 0) is 30.9 Å². The van der Waals surface area contributed by atoms with Crippen molar-refractivity contribution in [1.29, 1.82) is 0 Å². The summed E-state index contributed by atoms with van der Waals surface area (Å²) < 4.78 is 32.5. The Balaban J connectivity index is 1.78. The van der Waals surface area contributed by atoms with Gasteiger partial charge in [-0.25, -0.2) is 18.7 Å². The van der Waals surface area contributed by atoms with Crippen LogP contribution in [-0.4, -0.2) is 39.9 Å². The van der Waals surface area contributed by atoms with Gasteiger partial charge in [-0.15, -0.1) is 0 Å². The van der Waals surface area contributed by atoms with Crippen molar-refractivity contribution >= 4 is 16.9 Å². The van der Waals surface area contributed by atoms with Crippen LogP contribution in [-0.2, 0) is 11.2 Å². The average molecular weight is 350 g/mol. The quantitative estimate of drug-likeness (QED) is 0.813. The van der Waals surface area contributed by atoms with Crippen LogP contribution in [0.3, 0.4) is 0 Å². The predicted octanol–water partition coefficient (Wildman–Crippen LogP) is 2.76. The summed E-state index contributed by atoms with van der Waals surface area (Å²) in [6.07, 6.45) is 6.85. The summed E-state index contributed by atoms with van der Waals surface area (Å²) in [6, 6.07) is 0. The second kappa shape index (κ2) is 7.16. The number of ether oxygens (including phenoxy) is 1. The summed E-state index contributed by atoms with van der Waals surface area (Å²) in [4.78, 5) is 22.7. The first-order valence-electron chi connectivity index (χ1n) is 8.22. The first-order valence-corrected chi connectivity index (χ1v) is 8.22. The Morgan fingerprint density at radius 2 is 2.20 bits per heavy atom. The number of nitrogens with one attached hydrogen (secondary N) is 2. The number of H-pyrrole nitrogens is 1. The summed E-state index contributed by atoms with van der Waals surface area (Å²) in [7, 11) is 1.56. The Labute approximate surface area is 143 Å². The molecule has 0 aliphatic heterocycles. The van der Waals surface area contributed by atoms with Gasteiger partial charge in [0.2, 0.25) is 17.7 Å². The molecule has 25 heavy (non-hydrogen) atoms. The molecule has 2 heterocycles. The molecular formula is C17H20F2N4O2. The van der Waals surface area contributed by atoms with E-state index in [0.717, 1.165) is 10.9 Å². The molecule has 1 saturated carbocycles. The van der Waals surface area contributed by atoms with E-state index in [4.69, 9.17) is 4.74 Å². The number of carbonyl (C=O) groups excluding carboxylic acids is 1. The molecule has 8 heteroatoms. The number of fused-ring (bicyclic) bond motifs is 1. The number of aromatic amines is 1. The van der Waals surface area contributed by atoms with E-state index in [1.807, 2.05) is 0 Å². The lowest BCUT2D eigenvalue weighted by atomic mass is 9.94. The van der Waals surface area contributed by atoms with E-state index >= 15 is 0 Å². The number of amides is 1. The fraction of sp³-hybridized carbons (Fsp3) is 0.471. The lowest BCUT2D eigenvalue weighted by Gasteiger charge is -2.28. The second-order valence-corrected chi connectivity index (χ2v) is 6.11. The Kier molecular flexibility index (Phi) is 4.96. The molecular weight excluding hydrogens is 330 g/mol. The minimum absolute atomic E-state index is 0.166. The highest BCUT2D eigenvalue weighted by Gasteiger charge is 2.36. The zero-order valence-electron chi connectivity index (χ0n) is 13.9. The predicted molar refractivity (Wildman–Crippen MR) is 88.6 cm³/mol. The monoisotopic (exact) mass is 350 g/mol. The van der Waals surface area contributed by atoms with Gasteiger partial charge in [-0.3, -0.25) is 4.79 Å². The van der Waals surface area contributed by atoms with Gasteiger partial charge in [0, 0.05) is 26.1 Å². The molecule has 0 spiro atoms. The van der Waals surface area contributed by atoms with E-state index < -0.39 is 5.92 Å². The van der Waals surface area contributed by atoms with Gasteiger partial charge in [0.05, 0.1) is 5.39 Å². The van der Waals surface area contributed by atoms with Crippen molar-refractivity contribution in [3.05, 3.63) is 30.2 Å². The van der Waals surface area contributed by atoms with Crippen LogP contribution < -0.4 is 10.1 Å². The maximum Gasteiger partial charge on any atom is 0.248 e. The Bertz CT molecular complexity index is 778. The average Bonchev–Trinajstić information content (AvgIpc) is 3.01. The molecule has 134 valence electrons. The minimum atomic E-state index is -2.59. The molecule has 1 fully saturated rings. The first kappa shape index (κ1) is 17.3. The third kappa shape index (κ3) is 4.12. The SMILES string of the molecule is CNC(=O)/C=C/Cc1c[nH]c2ncnc(OC3CCC(F)(F)CC3)c12. The summed E-state index contributed by atoms with van der Waals surface area (Å²) in [5, 5.41) is 3.23. The molecule has 0 atom stereocenters. The zero-order chi connectivity index (χ0) is 17.9. The van der Waals surface area contributed by atoms with Crippen molar-refractivity contribution in [2.45, 2.75) is 44.1 Å². The molecule has 1 amide bonds. The molecule has 2 N–H and O–H groups in total. The molecule has 2 aromatic rings. The van der Waals surface area contributed by atoms with Gasteiger partial charge in [0.15, 0.2) is 0 Å². The number of hydrogen-bond donors (Lipinski definition) is 2. The van der Waals surface area contributed by atoms with E-state index in [9.17, 15) is 13.6 Å². The van der Waals surface area contributed by atoms with Crippen LogP contribution in [0.15, 0.2) is 24.7 Å².